The molecule has 0 spiro atoms. The van der Waals surface area contributed by atoms with Crippen LogP contribution in [0.15, 0.2) is 11.6 Å². The number of fused-ring (bicyclic) bond motifs is 5. The fourth-order valence-corrected chi connectivity index (χ4v) is 7.50. The van der Waals surface area contributed by atoms with Gasteiger partial charge in [0.15, 0.2) is 0 Å². The molecular weight excluding hydrogens is 332 g/mol. The van der Waals surface area contributed by atoms with Crippen molar-refractivity contribution in [1.82, 2.24) is 0 Å². The Morgan fingerprint density at radius 2 is 1.81 bits per heavy atom. The SMILES string of the molecule is CC(O)C1CCC2(O)C3CC=C4CC(O)CCC4(C)C3C(O)C(O)C12C. The number of aliphatic hydroxyl groups excluding tert-OH is 4. The predicted molar refractivity (Wildman–Crippen MR) is 97.1 cm³/mol. The molecule has 0 aliphatic heterocycles. The van der Waals surface area contributed by atoms with Gasteiger partial charge in [0, 0.05) is 11.3 Å². The van der Waals surface area contributed by atoms with Gasteiger partial charge in [-0.15, -0.1) is 0 Å². The van der Waals surface area contributed by atoms with Crippen molar-refractivity contribution in [1.29, 1.82) is 0 Å². The van der Waals surface area contributed by atoms with E-state index in [1.54, 1.807) is 6.92 Å². The first kappa shape index (κ1) is 18.9. The van der Waals surface area contributed by atoms with E-state index < -0.39 is 29.3 Å². The van der Waals surface area contributed by atoms with E-state index in [1.807, 2.05) is 6.92 Å². The zero-order valence-corrected chi connectivity index (χ0v) is 16.1. The second-order valence-electron chi connectivity index (χ2n) is 9.94. The van der Waals surface area contributed by atoms with Crippen LogP contribution in [0.25, 0.3) is 0 Å². The summed E-state index contributed by atoms with van der Waals surface area (Å²) < 4.78 is 0. The van der Waals surface area contributed by atoms with Crippen LogP contribution in [0.3, 0.4) is 0 Å². The highest BCUT2D eigenvalue weighted by molar-refractivity contribution is 5.30. The lowest BCUT2D eigenvalue weighted by Crippen LogP contribution is -2.71. The first-order valence-corrected chi connectivity index (χ1v) is 10.2. The molecule has 0 amide bonds. The van der Waals surface area contributed by atoms with Crippen molar-refractivity contribution in [3.05, 3.63) is 11.6 Å². The van der Waals surface area contributed by atoms with Gasteiger partial charge in [-0.25, -0.2) is 0 Å². The number of aliphatic hydroxyl groups is 5. The molecule has 5 nitrogen and oxygen atoms in total. The summed E-state index contributed by atoms with van der Waals surface area (Å²) >= 11 is 0. The van der Waals surface area contributed by atoms with Gasteiger partial charge in [-0.1, -0.05) is 25.5 Å². The summed E-state index contributed by atoms with van der Waals surface area (Å²) in [5.41, 5.74) is -1.15. The van der Waals surface area contributed by atoms with Crippen molar-refractivity contribution in [3.8, 4) is 0 Å². The van der Waals surface area contributed by atoms with Crippen LogP contribution in [-0.4, -0.2) is 55.5 Å². The van der Waals surface area contributed by atoms with Gasteiger partial charge < -0.3 is 25.5 Å². The molecule has 3 saturated carbocycles. The molecule has 0 radical (unpaired) electrons. The summed E-state index contributed by atoms with van der Waals surface area (Å²) in [6.45, 7) is 5.70. The van der Waals surface area contributed by atoms with Gasteiger partial charge in [-0.2, -0.15) is 0 Å². The number of hydrogen-bond acceptors (Lipinski definition) is 5. The Morgan fingerprint density at radius 3 is 2.46 bits per heavy atom. The smallest absolute Gasteiger partial charge is 0.0886 e. The Labute approximate surface area is 155 Å². The van der Waals surface area contributed by atoms with Crippen LogP contribution in [0.2, 0.25) is 0 Å². The van der Waals surface area contributed by atoms with Crippen LogP contribution in [0.5, 0.6) is 0 Å². The summed E-state index contributed by atoms with van der Waals surface area (Å²) in [4.78, 5) is 0. The number of rotatable bonds is 1. The molecule has 0 bridgehead atoms. The minimum Gasteiger partial charge on any atom is -0.393 e. The largest absolute Gasteiger partial charge is 0.393 e. The van der Waals surface area contributed by atoms with E-state index in [-0.39, 0.29) is 29.3 Å². The summed E-state index contributed by atoms with van der Waals surface area (Å²) in [6.07, 6.45) is 3.12. The van der Waals surface area contributed by atoms with Crippen LogP contribution in [0.1, 0.15) is 59.3 Å². The second kappa shape index (κ2) is 5.77. The summed E-state index contributed by atoms with van der Waals surface area (Å²) in [5, 5.41) is 54.7. The Morgan fingerprint density at radius 1 is 1.12 bits per heavy atom. The molecule has 0 aromatic heterocycles. The highest BCUT2D eigenvalue weighted by atomic mass is 16.3. The van der Waals surface area contributed by atoms with Crippen LogP contribution in [0.4, 0.5) is 0 Å². The standard InChI is InChI=1S/C21H34O5/c1-11(22)14-7-9-21(26)15-5-4-12-10-13(23)6-8-19(12,2)16(15)17(24)18(25)20(14,21)3/h4,11,13-18,22-26H,5-10H2,1-3H3. The lowest BCUT2D eigenvalue weighted by atomic mass is 9.44. The van der Waals surface area contributed by atoms with Gasteiger partial charge in [0.1, 0.15) is 0 Å². The van der Waals surface area contributed by atoms with Crippen molar-refractivity contribution in [3.63, 3.8) is 0 Å². The minimum atomic E-state index is -1.10. The topological polar surface area (TPSA) is 101 Å². The lowest BCUT2D eigenvalue weighted by molar-refractivity contribution is -0.270. The summed E-state index contributed by atoms with van der Waals surface area (Å²) in [7, 11) is 0. The van der Waals surface area contributed by atoms with E-state index in [4.69, 9.17) is 0 Å². The van der Waals surface area contributed by atoms with E-state index in [2.05, 4.69) is 13.0 Å². The molecule has 5 heteroatoms. The Kier molecular flexibility index (Phi) is 4.19. The minimum absolute atomic E-state index is 0.140. The third-order valence-electron chi connectivity index (χ3n) is 9.01. The molecule has 4 aliphatic rings. The third-order valence-corrected chi connectivity index (χ3v) is 9.01. The van der Waals surface area contributed by atoms with Gasteiger partial charge in [0.05, 0.1) is 30.0 Å². The lowest BCUT2D eigenvalue weighted by Gasteiger charge is -2.64. The zero-order chi connectivity index (χ0) is 19.1. The molecule has 0 saturated heterocycles. The predicted octanol–water partition coefficient (Wildman–Crippen LogP) is 1.36. The molecule has 0 aromatic carbocycles. The molecule has 3 fully saturated rings. The maximum absolute atomic E-state index is 11.9. The van der Waals surface area contributed by atoms with Crippen molar-refractivity contribution in [2.75, 3.05) is 0 Å². The quantitative estimate of drug-likeness (QED) is 0.451. The van der Waals surface area contributed by atoms with Gasteiger partial charge in [-0.05, 0) is 62.7 Å². The van der Waals surface area contributed by atoms with Crippen molar-refractivity contribution < 1.29 is 25.5 Å². The van der Waals surface area contributed by atoms with Gasteiger partial charge in [-0.3, -0.25) is 0 Å². The first-order chi connectivity index (χ1) is 12.1. The summed E-state index contributed by atoms with van der Waals surface area (Å²) in [5.74, 6) is -0.598. The fourth-order valence-electron chi connectivity index (χ4n) is 7.50. The van der Waals surface area contributed by atoms with Crippen LogP contribution in [-0.2, 0) is 0 Å². The van der Waals surface area contributed by atoms with Crippen molar-refractivity contribution in [2.45, 2.75) is 89.3 Å². The molecule has 4 rings (SSSR count). The molecule has 4 aliphatic carbocycles. The normalized spacial score (nSPS) is 57.6. The van der Waals surface area contributed by atoms with Gasteiger partial charge >= 0.3 is 0 Å². The van der Waals surface area contributed by atoms with Gasteiger partial charge in [0.2, 0.25) is 0 Å². The van der Waals surface area contributed by atoms with Crippen molar-refractivity contribution in [2.24, 2.45) is 28.6 Å². The van der Waals surface area contributed by atoms with E-state index in [0.717, 1.165) is 6.42 Å². The molecule has 26 heavy (non-hydrogen) atoms. The van der Waals surface area contributed by atoms with E-state index >= 15 is 0 Å². The highest BCUT2D eigenvalue weighted by Crippen LogP contribution is 2.68. The molecule has 10 atom stereocenters. The zero-order valence-electron chi connectivity index (χ0n) is 16.1. The second-order valence-corrected chi connectivity index (χ2v) is 9.94. The van der Waals surface area contributed by atoms with Crippen LogP contribution in [0, 0.1) is 28.6 Å². The molecule has 148 valence electrons. The average molecular weight is 366 g/mol. The maximum Gasteiger partial charge on any atom is 0.0886 e. The number of allylic oxidation sites excluding steroid dienone is 1. The monoisotopic (exact) mass is 366 g/mol. The molecule has 10 unspecified atom stereocenters. The summed E-state index contributed by atoms with van der Waals surface area (Å²) in [6, 6.07) is 0. The molecule has 0 heterocycles. The third kappa shape index (κ3) is 2.10. The van der Waals surface area contributed by atoms with Gasteiger partial charge in [0.25, 0.3) is 0 Å². The molecule has 0 aromatic rings. The Bertz CT molecular complexity index is 618. The highest BCUT2D eigenvalue weighted by Gasteiger charge is 2.72. The molecular formula is C21H34O5. The average Bonchev–Trinajstić information content (AvgIpc) is 2.86. The Balaban J connectivity index is 1.81. The van der Waals surface area contributed by atoms with Crippen LogP contribution >= 0.6 is 0 Å². The first-order valence-electron chi connectivity index (χ1n) is 10.2. The van der Waals surface area contributed by atoms with E-state index in [0.29, 0.717) is 32.1 Å². The van der Waals surface area contributed by atoms with E-state index in [1.165, 1.54) is 5.57 Å². The van der Waals surface area contributed by atoms with E-state index in [9.17, 15) is 25.5 Å². The number of hydrogen-bond donors (Lipinski definition) is 5. The van der Waals surface area contributed by atoms with Crippen LogP contribution < -0.4 is 0 Å². The maximum atomic E-state index is 11.9. The Hall–Kier alpha value is -0.460. The van der Waals surface area contributed by atoms with Crippen molar-refractivity contribution >= 4 is 0 Å². The fraction of sp³-hybridized carbons (Fsp3) is 0.905. The molecule has 5 N–H and O–H groups in total.